The lowest BCUT2D eigenvalue weighted by molar-refractivity contribution is -0.137. The summed E-state index contributed by atoms with van der Waals surface area (Å²) in [6, 6.07) is 9.13. The van der Waals surface area contributed by atoms with Crippen molar-refractivity contribution in [1.29, 1.82) is 5.26 Å². The van der Waals surface area contributed by atoms with Crippen molar-refractivity contribution in [2.24, 2.45) is 0 Å². The van der Waals surface area contributed by atoms with Gasteiger partial charge in [-0.05, 0) is 31.2 Å². The molecule has 6 nitrogen and oxygen atoms in total. The number of nitriles is 1. The first-order valence-corrected chi connectivity index (χ1v) is 9.59. The van der Waals surface area contributed by atoms with Crippen molar-refractivity contribution in [3.8, 4) is 6.07 Å². The Morgan fingerprint density at radius 2 is 1.97 bits per heavy atom. The average Bonchev–Trinajstić information content (AvgIpc) is 2.72. The summed E-state index contributed by atoms with van der Waals surface area (Å²) in [5.41, 5.74) is 0.112. The Morgan fingerprint density at radius 3 is 2.57 bits per heavy atom. The van der Waals surface area contributed by atoms with E-state index in [2.05, 4.69) is 10.3 Å². The predicted octanol–water partition coefficient (Wildman–Crippen LogP) is 3.77. The van der Waals surface area contributed by atoms with Crippen LogP contribution >= 0.6 is 11.6 Å². The molecule has 0 spiro atoms. The lowest BCUT2D eigenvalue weighted by Crippen LogP contribution is -2.53. The molecular formula is C20H19ClF3N5O. The van der Waals surface area contributed by atoms with Crippen LogP contribution in [-0.4, -0.2) is 48.0 Å². The molecule has 1 saturated heterocycles. The Hall–Kier alpha value is -2.83. The minimum Gasteiger partial charge on any atom is -0.353 e. The number of hydrogen-bond acceptors (Lipinski definition) is 5. The van der Waals surface area contributed by atoms with E-state index in [1.807, 2.05) is 11.0 Å². The van der Waals surface area contributed by atoms with Gasteiger partial charge in [0.05, 0.1) is 28.3 Å². The number of piperazine rings is 1. The highest BCUT2D eigenvalue weighted by atomic mass is 35.5. The van der Waals surface area contributed by atoms with Crippen LogP contribution in [0.25, 0.3) is 0 Å². The number of pyridine rings is 1. The zero-order valence-corrected chi connectivity index (χ0v) is 16.8. The molecule has 1 fully saturated rings. The molecule has 1 atom stereocenters. The summed E-state index contributed by atoms with van der Waals surface area (Å²) in [4.78, 5) is 20.2. The van der Waals surface area contributed by atoms with Gasteiger partial charge in [-0.25, -0.2) is 4.98 Å². The fraction of sp³-hybridized carbons (Fsp3) is 0.350. The molecular weight excluding hydrogens is 419 g/mol. The molecule has 10 heteroatoms. The van der Waals surface area contributed by atoms with E-state index >= 15 is 0 Å². The second kappa shape index (κ2) is 8.90. The van der Waals surface area contributed by atoms with Gasteiger partial charge in [-0.2, -0.15) is 18.4 Å². The van der Waals surface area contributed by atoms with Gasteiger partial charge < -0.3 is 10.2 Å². The molecule has 1 N–H and O–H groups in total. The number of anilines is 2. The van der Waals surface area contributed by atoms with Gasteiger partial charge >= 0.3 is 6.18 Å². The maximum Gasteiger partial charge on any atom is 0.417 e. The van der Waals surface area contributed by atoms with Crippen LogP contribution in [0, 0.1) is 11.3 Å². The smallest absolute Gasteiger partial charge is 0.353 e. The third-order valence-corrected chi connectivity index (χ3v) is 5.23. The maximum absolute atomic E-state index is 12.8. The molecule has 3 rings (SSSR count). The molecule has 1 aliphatic heterocycles. The Morgan fingerprint density at radius 1 is 1.27 bits per heavy atom. The maximum atomic E-state index is 12.8. The average molecular weight is 438 g/mol. The number of carbonyl (C=O) groups excluding carboxylic acids is 1. The van der Waals surface area contributed by atoms with Gasteiger partial charge in [-0.1, -0.05) is 17.7 Å². The summed E-state index contributed by atoms with van der Waals surface area (Å²) < 4.78 is 38.4. The van der Waals surface area contributed by atoms with Crippen LogP contribution in [0.2, 0.25) is 5.02 Å². The van der Waals surface area contributed by atoms with Crippen LogP contribution < -0.4 is 10.2 Å². The van der Waals surface area contributed by atoms with Crippen molar-refractivity contribution >= 4 is 29.0 Å². The quantitative estimate of drug-likeness (QED) is 0.788. The summed E-state index contributed by atoms with van der Waals surface area (Å²) in [6.07, 6.45) is -3.72. The van der Waals surface area contributed by atoms with Crippen molar-refractivity contribution in [3.05, 3.63) is 52.7 Å². The van der Waals surface area contributed by atoms with Crippen molar-refractivity contribution in [1.82, 2.24) is 9.88 Å². The number of alkyl halides is 3. The fourth-order valence-electron chi connectivity index (χ4n) is 3.22. The van der Waals surface area contributed by atoms with Crippen LogP contribution in [0.4, 0.5) is 24.7 Å². The molecule has 1 amide bonds. The predicted molar refractivity (Wildman–Crippen MR) is 107 cm³/mol. The monoisotopic (exact) mass is 437 g/mol. The summed E-state index contributed by atoms with van der Waals surface area (Å²) >= 11 is 6.03. The van der Waals surface area contributed by atoms with E-state index < -0.39 is 17.8 Å². The third-order valence-electron chi connectivity index (χ3n) is 4.95. The number of nitrogens with zero attached hydrogens (tertiary/aromatic N) is 4. The number of benzene rings is 1. The van der Waals surface area contributed by atoms with Crippen LogP contribution in [0.15, 0.2) is 36.5 Å². The zero-order valence-electron chi connectivity index (χ0n) is 16.1. The van der Waals surface area contributed by atoms with Crippen LogP contribution in [0.3, 0.4) is 0 Å². The SMILES string of the molecule is C[C@H](C(=O)Nc1cccc(C#N)c1)N1CCN(c2ncc(C(F)(F)F)cc2Cl)CC1. The van der Waals surface area contributed by atoms with Crippen molar-refractivity contribution in [2.45, 2.75) is 19.1 Å². The lowest BCUT2D eigenvalue weighted by Gasteiger charge is -2.38. The van der Waals surface area contributed by atoms with E-state index in [0.717, 1.165) is 12.3 Å². The normalized spacial score (nSPS) is 16.1. The van der Waals surface area contributed by atoms with Crippen LogP contribution in [0.5, 0.6) is 0 Å². The second-order valence-corrected chi connectivity index (χ2v) is 7.32. The van der Waals surface area contributed by atoms with E-state index in [1.165, 1.54) is 0 Å². The Labute approximate surface area is 176 Å². The molecule has 0 saturated carbocycles. The van der Waals surface area contributed by atoms with Crippen molar-refractivity contribution in [3.63, 3.8) is 0 Å². The molecule has 1 aromatic heterocycles. The minimum absolute atomic E-state index is 0.0542. The number of amides is 1. The lowest BCUT2D eigenvalue weighted by atomic mass is 10.2. The van der Waals surface area contributed by atoms with Gasteiger partial charge in [-0.3, -0.25) is 9.69 Å². The van der Waals surface area contributed by atoms with Gasteiger partial charge in [-0.15, -0.1) is 0 Å². The summed E-state index contributed by atoms with van der Waals surface area (Å²) in [7, 11) is 0. The summed E-state index contributed by atoms with van der Waals surface area (Å²) in [5, 5.41) is 11.7. The molecule has 1 aromatic carbocycles. The summed E-state index contributed by atoms with van der Waals surface area (Å²) in [5.74, 6) is 0.0963. The molecule has 0 radical (unpaired) electrons. The Balaban J connectivity index is 1.59. The molecule has 30 heavy (non-hydrogen) atoms. The number of nitrogens with one attached hydrogen (secondary N) is 1. The van der Waals surface area contributed by atoms with E-state index in [-0.39, 0.29) is 10.9 Å². The fourth-order valence-corrected chi connectivity index (χ4v) is 3.50. The highest BCUT2D eigenvalue weighted by Crippen LogP contribution is 2.33. The number of carbonyl (C=O) groups is 1. The highest BCUT2D eigenvalue weighted by Gasteiger charge is 2.33. The zero-order chi connectivity index (χ0) is 21.9. The highest BCUT2D eigenvalue weighted by molar-refractivity contribution is 6.33. The minimum atomic E-state index is -4.50. The first-order valence-electron chi connectivity index (χ1n) is 9.22. The first-order chi connectivity index (χ1) is 14.2. The molecule has 0 unspecified atom stereocenters. The van der Waals surface area contributed by atoms with Gasteiger partial charge in [0.2, 0.25) is 5.91 Å². The molecule has 0 bridgehead atoms. The van der Waals surface area contributed by atoms with Gasteiger partial charge in [0, 0.05) is 38.1 Å². The molecule has 158 valence electrons. The van der Waals surface area contributed by atoms with Crippen molar-refractivity contribution < 1.29 is 18.0 Å². The molecule has 2 heterocycles. The van der Waals surface area contributed by atoms with Gasteiger partial charge in [0.15, 0.2) is 0 Å². The molecule has 2 aromatic rings. The second-order valence-electron chi connectivity index (χ2n) is 6.91. The van der Waals surface area contributed by atoms with Gasteiger partial charge in [0.25, 0.3) is 0 Å². The largest absolute Gasteiger partial charge is 0.417 e. The number of halogens is 4. The van der Waals surface area contributed by atoms with E-state index in [4.69, 9.17) is 16.9 Å². The Kier molecular flexibility index (Phi) is 6.48. The number of aromatic nitrogens is 1. The number of hydrogen-bond donors (Lipinski definition) is 1. The summed E-state index contributed by atoms with van der Waals surface area (Å²) in [6.45, 7) is 3.76. The standard InChI is InChI=1S/C20H19ClF3N5O/c1-13(19(30)27-16-4-2-3-14(9-16)11-25)28-5-7-29(8-6-28)18-17(21)10-15(12-26-18)20(22,23)24/h2-4,9-10,12-13H,5-8H2,1H3,(H,27,30)/t13-/m1/s1. The van der Waals surface area contributed by atoms with Crippen LogP contribution in [0.1, 0.15) is 18.1 Å². The topological polar surface area (TPSA) is 72.3 Å². The van der Waals surface area contributed by atoms with E-state index in [0.29, 0.717) is 43.2 Å². The van der Waals surface area contributed by atoms with E-state index in [9.17, 15) is 18.0 Å². The van der Waals surface area contributed by atoms with Crippen LogP contribution in [-0.2, 0) is 11.0 Å². The van der Waals surface area contributed by atoms with Crippen molar-refractivity contribution in [2.75, 3.05) is 36.4 Å². The molecule has 1 aliphatic rings. The molecule has 0 aliphatic carbocycles. The van der Waals surface area contributed by atoms with E-state index in [1.54, 1.807) is 36.1 Å². The van der Waals surface area contributed by atoms with Gasteiger partial charge in [0.1, 0.15) is 5.82 Å². The Bertz CT molecular complexity index is 968. The number of rotatable bonds is 4. The third kappa shape index (κ3) is 5.01. The first kappa shape index (κ1) is 21.9.